The van der Waals surface area contributed by atoms with Crippen molar-refractivity contribution in [3.8, 4) is 11.3 Å². The Balaban J connectivity index is 2.15. The Bertz CT molecular complexity index is 893. The van der Waals surface area contributed by atoms with Crippen LogP contribution in [0.3, 0.4) is 0 Å². The molecular formula is C20H23N3O. The molecule has 0 bridgehead atoms. The second-order valence-electron chi connectivity index (χ2n) is 6.70. The Kier molecular flexibility index (Phi) is 4.38. The van der Waals surface area contributed by atoms with E-state index in [0.717, 1.165) is 33.8 Å². The number of nitrogens with zero attached hydrogens (tertiary/aromatic N) is 2. The van der Waals surface area contributed by atoms with E-state index < -0.39 is 0 Å². The monoisotopic (exact) mass is 321 g/mol. The number of nitrogens with one attached hydrogen (secondary N) is 1. The summed E-state index contributed by atoms with van der Waals surface area (Å²) < 4.78 is 1.95. The van der Waals surface area contributed by atoms with Crippen LogP contribution in [0.15, 0.2) is 42.6 Å². The number of rotatable bonds is 4. The van der Waals surface area contributed by atoms with Crippen LogP contribution in [-0.2, 0) is 4.79 Å². The van der Waals surface area contributed by atoms with Crippen LogP contribution in [0.5, 0.6) is 0 Å². The van der Waals surface area contributed by atoms with Gasteiger partial charge < -0.3 is 5.32 Å². The maximum absolute atomic E-state index is 12.3. The maximum Gasteiger partial charge on any atom is 0.225 e. The van der Waals surface area contributed by atoms with Crippen molar-refractivity contribution in [3.63, 3.8) is 0 Å². The lowest BCUT2D eigenvalue weighted by molar-refractivity contribution is -0.116. The molecule has 0 saturated heterocycles. The molecule has 124 valence electrons. The minimum absolute atomic E-state index is 0.0159. The van der Waals surface area contributed by atoms with Crippen LogP contribution < -0.4 is 5.32 Å². The van der Waals surface area contributed by atoms with Gasteiger partial charge in [0.15, 0.2) is 0 Å². The standard InChI is InChI=1S/C20H23N3O/c1-13(2)11-18(24)22-20-19(16-8-6-5-7-15(16)4)21-17-12-14(3)9-10-23(17)20/h5-10,12-13H,11H2,1-4H3,(H,22,24). The highest BCUT2D eigenvalue weighted by Crippen LogP contribution is 2.31. The predicted octanol–water partition coefficient (Wildman–Crippen LogP) is 4.60. The molecular weight excluding hydrogens is 298 g/mol. The van der Waals surface area contributed by atoms with Gasteiger partial charge in [-0.3, -0.25) is 9.20 Å². The molecule has 0 unspecified atom stereocenters. The van der Waals surface area contributed by atoms with E-state index in [1.54, 1.807) is 0 Å². The van der Waals surface area contributed by atoms with E-state index >= 15 is 0 Å². The second-order valence-corrected chi connectivity index (χ2v) is 6.70. The van der Waals surface area contributed by atoms with E-state index in [2.05, 4.69) is 18.3 Å². The van der Waals surface area contributed by atoms with E-state index in [9.17, 15) is 4.79 Å². The first-order valence-corrected chi connectivity index (χ1v) is 8.30. The molecule has 2 aromatic heterocycles. The average Bonchev–Trinajstić information content (AvgIpc) is 2.84. The summed E-state index contributed by atoms with van der Waals surface area (Å²) in [6, 6.07) is 12.2. The van der Waals surface area contributed by atoms with E-state index in [1.807, 2.05) is 61.7 Å². The molecule has 0 fully saturated rings. The van der Waals surface area contributed by atoms with Crippen LogP contribution in [0, 0.1) is 19.8 Å². The van der Waals surface area contributed by atoms with Crippen molar-refractivity contribution in [2.24, 2.45) is 5.92 Å². The minimum atomic E-state index is 0.0159. The number of amides is 1. The molecule has 24 heavy (non-hydrogen) atoms. The van der Waals surface area contributed by atoms with Gasteiger partial charge in [-0.15, -0.1) is 0 Å². The SMILES string of the molecule is Cc1ccn2c(NC(=O)CC(C)C)c(-c3ccccc3C)nc2c1. The molecule has 0 atom stereocenters. The van der Waals surface area contributed by atoms with Crippen molar-refractivity contribution in [1.82, 2.24) is 9.38 Å². The lowest BCUT2D eigenvalue weighted by Crippen LogP contribution is -2.15. The predicted molar refractivity (Wildman–Crippen MR) is 98.2 cm³/mol. The zero-order chi connectivity index (χ0) is 17.3. The smallest absolute Gasteiger partial charge is 0.225 e. The summed E-state index contributed by atoms with van der Waals surface area (Å²) in [4.78, 5) is 17.1. The van der Waals surface area contributed by atoms with Crippen LogP contribution >= 0.6 is 0 Å². The highest BCUT2D eigenvalue weighted by atomic mass is 16.1. The number of aryl methyl sites for hydroxylation is 2. The van der Waals surface area contributed by atoms with Crippen molar-refractivity contribution >= 4 is 17.4 Å². The number of carbonyl (C=O) groups excluding carboxylic acids is 1. The van der Waals surface area contributed by atoms with Gasteiger partial charge in [-0.05, 0) is 43.0 Å². The summed E-state index contributed by atoms with van der Waals surface area (Å²) in [5, 5.41) is 3.07. The largest absolute Gasteiger partial charge is 0.310 e. The first kappa shape index (κ1) is 16.2. The first-order valence-electron chi connectivity index (χ1n) is 8.30. The van der Waals surface area contributed by atoms with E-state index in [4.69, 9.17) is 4.98 Å². The van der Waals surface area contributed by atoms with Crippen molar-refractivity contribution < 1.29 is 4.79 Å². The Hall–Kier alpha value is -2.62. The van der Waals surface area contributed by atoms with Crippen LogP contribution in [0.4, 0.5) is 5.82 Å². The summed E-state index contributed by atoms with van der Waals surface area (Å²) in [6.07, 6.45) is 2.46. The lowest BCUT2D eigenvalue weighted by atomic mass is 10.1. The molecule has 0 saturated carbocycles. The topological polar surface area (TPSA) is 46.4 Å². The molecule has 3 aromatic rings. The molecule has 0 aliphatic heterocycles. The summed E-state index contributed by atoms with van der Waals surface area (Å²) in [5.74, 6) is 1.07. The zero-order valence-electron chi connectivity index (χ0n) is 14.6. The lowest BCUT2D eigenvalue weighted by Gasteiger charge is -2.10. The fourth-order valence-electron chi connectivity index (χ4n) is 2.85. The minimum Gasteiger partial charge on any atom is -0.310 e. The zero-order valence-corrected chi connectivity index (χ0v) is 14.6. The number of aromatic nitrogens is 2. The van der Waals surface area contributed by atoms with E-state index in [1.165, 1.54) is 0 Å². The number of hydrogen-bond donors (Lipinski definition) is 1. The fourth-order valence-corrected chi connectivity index (χ4v) is 2.85. The molecule has 1 N–H and O–H groups in total. The van der Waals surface area contributed by atoms with Crippen LogP contribution in [0.1, 0.15) is 31.4 Å². The van der Waals surface area contributed by atoms with Crippen LogP contribution in [0.2, 0.25) is 0 Å². The van der Waals surface area contributed by atoms with E-state index in [0.29, 0.717) is 12.3 Å². The molecule has 1 aromatic carbocycles. The number of anilines is 1. The normalized spacial score (nSPS) is 11.2. The Morgan fingerprint density at radius 3 is 2.67 bits per heavy atom. The second kappa shape index (κ2) is 6.48. The first-order chi connectivity index (χ1) is 11.5. The van der Waals surface area contributed by atoms with E-state index in [-0.39, 0.29) is 5.91 Å². The number of carbonyl (C=O) groups is 1. The average molecular weight is 321 g/mol. The van der Waals surface area contributed by atoms with Gasteiger partial charge in [0.05, 0.1) is 0 Å². The van der Waals surface area contributed by atoms with Crippen LogP contribution in [-0.4, -0.2) is 15.3 Å². The molecule has 2 heterocycles. The third-order valence-electron chi connectivity index (χ3n) is 4.03. The van der Waals surface area contributed by atoms with Gasteiger partial charge in [-0.1, -0.05) is 38.1 Å². The molecule has 4 heteroatoms. The van der Waals surface area contributed by atoms with Crippen molar-refractivity contribution in [1.29, 1.82) is 0 Å². The molecule has 0 spiro atoms. The number of pyridine rings is 1. The molecule has 0 aliphatic carbocycles. The van der Waals surface area contributed by atoms with Crippen molar-refractivity contribution in [2.45, 2.75) is 34.1 Å². The van der Waals surface area contributed by atoms with Crippen molar-refractivity contribution in [2.75, 3.05) is 5.32 Å². The third kappa shape index (κ3) is 3.18. The van der Waals surface area contributed by atoms with Gasteiger partial charge in [0.25, 0.3) is 0 Å². The highest BCUT2D eigenvalue weighted by Gasteiger charge is 2.18. The maximum atomic E-state index is 12.3. The van der Waals surface area contributed by atoms with Gasteiger partial charge in [-0.2, -0.15) is 0 Å². The van der Waals surface area contributed by atoms with Gasteiger partial charge >= 0.3 is 0 Å². The van der Waals surface area contributed by atoms with Crippen molar-refractivity contribution in [3.05, 3.63) is 53.7 Å². The third-order valence-corrected chi connectivity index (χ3v) is 4.03. The number of imidazole rings is 1. The molecule has 1 amide bonds. The Morgan fingerprint density at radius 1 is 1.21 bits per heavy atom. The summed E-state index contributed by atoms with van der Waals surface area (Å²) in [5.41, 5.74) is 4.98. The molecule has 0 aliphatic rings. The molecule has 0 radical (unpaired) electrons. The summed E-state index contributed by atoms with van der Waals surface area (Å²) in [6.45, 7) is 8.18. The van der Waals surface area contributed by atoms with Gasteiger partial charge in [0, 0.05) is 18.2 Å². The number of benzene rings is 1. The molecule has 4 nitrogen and oxygen atoms in total. The summed E-state index contributed by atoms with van der Waals surface area (Å²) in [7, 11) is 0. The number of hydrogen-bond acceptors (Lipinski definition) is 2. The Morgan fingerprint density at radius 2 is 1.96 bits per heavy atom. The highest BCUT2D eigenvalue weighted by molar-refractivity contribution is 5.95. The quantitative estimate of drug-likeness (QED) is 0.763. The van der Waals surface area contributed by atoms with Crippen LogP contribution in [0.25, 0.3) is 16.9 Å². The van der Waals surface area contributed by atoms with Gasteiger partial charge in [0.2, 0.25) is 5.91 Å². The Labute approximate surface area is 142 Å². The summed E-state index contributed by atoms with van der Waals surface area (Å²) >= 11 is 0. The molecule has 3 rings (SSSR count). The van der Waals surface area contributed by atoms with Gasteiger partial charge in [0.1, 0.15) is 17.2 Å². The number of fused-ring (bicyclic) bond motifs is 1. The fraction of sp³-hybridized carbons (Fsp3) is 0.300. The van der Waals surface area contributed by atoms with Gasteiger partial charge in [-0.25, -0.2) is 4.98 Å².